The number of nitrogens with two attached hydrogens (primary N) is 1. The standard InChI is InChI=1S/C16H17N3/c1-10(2)11-4-3-5-12(8-11)13-6-7-14-15(9-13)18-19-16(14)17/h3-10H,1-2H3,(H3,17,18,19). The summed E-state index contributed by atoms with van der Waals surface area (Å²) >= 11 is 0. The van der Waals surface area contributed by atoms with E-state index in [-0.39, 0.29) is 0 Å². The van der Waals surface area contributed by atoms with E-state index in [4.69, 9.17) is 5.73 Å². The van der Waals surface area contributed by atoms with E-state index in [0.717, 1.165) is 10.9 Å². The van der Waals surface area contributed by atoms with Crippen molar-refractivity contribution in [2.75, 3.05) is 5.73 Å². The highest BCUT2D eigenvalue weighted by atomic mass is 15.1. The third kappa shape index (κ3) is 2.08. The normalized spacial score (nSPS) is 11.3. The molecule has 0 fully saturated rings. The summed E-state index contributed by atoms with van der Waals surface area (Å²) in [5, 5.41) is 7.97. The van der Waals surface area contributed by atoms with E-state index in [1.54, 1.807) is 0 Å². The molecule has 0 radical (unpaired) electrons. The Morgan fingerprint density at radius 3 is 2.63 bits per heavy atom. The van der Waals surface area contributed by atoms with E-state index in [1.807, 2.05) is 6.07 Å². The van der Waals surface area contributed by atoms with Crippen LogP contribution in [-0.2, 0) is 0 Å². The van der Waals surface area contributed by atoms with Crippen molar-refractivity contribution < 1.29 is 0 Å². The molecule has 0 aliphatic rings. The topological polar surface area (TPSA) is 54.7 Å². The van der Waals surface area contributed by atoms with Crippen molar-refractivity contribution in [3.8, 4) is 11.1 Å². The van der Waals surface area contributed by atoms with Gasteiger partial charge in [0.25, 0.3) is 0 Å². The molecule has 0 aliphatic carbocycles. The van der Waals surface area contributed by atoms with Crippen molar-refractivity contribution in [3.05, 3.63) is 48.0 Å². The van der Waals surface area contributed by atoms with Gasteiger partial charge >= 0.3 is 0 Å². The zero-order chi connectivity index (χ0) is 13.4. The average Bonchev–Trinajstić information content (AvgIpc) is 2.80. The van der Waals surface area contributed by atoms with Crippen LogP contribution in [-0.4, -0.2) is 10.2 Å². The first kappa shape index (κ1) is 11.8. The molecular weight excluding hydrogens is 234 g/mol. The van der Waals surface area contributed by atoms with Gasteiger partial charge in [0.1, 0.15) is 0 Å². The fourth-order valence-electron chi connectivity index (χ4n) is 2.30. The summed E-state index contributed by atoms with van der Waals surface area (Å²) < 4.78 is 0. The van der Waals surface area contributed by atoms with Crippen LogP contribution in [0.5, 0.6) is 0 Å². The number of hydrogen-bond acceptors (Lipinski definition) is 2. The van der Waals surface area contributed by atoms with Crippen molar-refractivity contribution in [2.24, 2.45) is 0 Å². The van der Waals surface area contributed by atoms with Crippen molar-refractivity contribution in [2.45, 2.75) is 19.8 Å². The molecule has 96 valence electrons. The number of fused-ring (bicyclic) bond motifs is 1. The molecule has 3 aromatic rings. The summed E-state index contributed by atoms with van der Waals surface area (Å²) in [6.45, 7) is 4.41. The average molecular weight is 251 g/mol. The molecule has 1 heterocycles. The predicted octanol–water partition coefficient (Wildman–Crippen LogP) is 3.94. The molecule has 0 spiro atoms. The Bertz CT molecular complexity index is 726. The smallest absolute Gasteiger partial charge is 0.153 e. The second-order valence-corrected chi connectivity index (χ2v) is 5.15. The van der Waals surface area contributed by atoms with Gasteiger partial charge < -0.3 is 5.73 Å². The molecular formula is C16H17N3. The lowest BCUT2D eigenvalue weighted by molar-refractivity contribution is 0.867. The first-order valence-corrected chi connectivity index (χ1v) is 6.49. The van der Waals surface area contributed by atoms with Crippen molar-refractivity contribution in [3.63, 3.8) is 0 Å². The fraction of sp³-hybridized carbons (Fsp3) is 0.188. The summed E-state index contributed by atoms with van der Waals surface area (Å²) in [4.78, 5) is 0. The number of H-pyrrole nitrogens is 1. The second kappa shape index (κ2) is 4.43. The van der Waals surface area contributed by atoms with Gasteiger partial charge in [-0.3, -0.25) is 5.10 Å². The number of aromatic amines is 1. The highest BCUT2D eigenvalue weighted by Gasteiger charge is 2.06. The highest BCUT2D eigenvalue weighted by Crippen LogP contribution is 2.27. The van der Waals surface area contributed by atoms with Crippen molar-refractivity contribution in [1.82, 2.24) is 10.2 Å². The number of rotatable bonds is 2. The van der Waals surface area contributed by atoms with Crippen molar-refractivity contribution >= 4 is 16.7 Å². The molecule has 3 rings (SSSR count). The van der Waals surface area contributed by atoms with Crippen LogP contribution in [0.1, 0.15) is 25.3 Å². The van der Waals surface area contributed by atoms with Crippen molar-refractivity contribution in [1.29, 1.82) is 0 Å². The molecule has 0 aliphatic heterocycles. The Kier molecular flexibility index (Phi) is 2.75. The third-order valence-corrected chi connectivity index (χ3v) is 3.48. The van der Waals surface area contributed by atoms with Crippen LogP contribution in [0.15, 0.2) is 42.5 Å². The minimum absolute atomic E-state index is 0.534. The van der Waals surface area contributed by atoms with Crippen LogP contribution in [0.4, 0.5) is 5.82 Å². The van der Waals surface area contributed by atoms with Gasteiger partial charge in [-0.2, -0.15) is 5.10 Å². The molecule has 2 aromatic carbocycles. The summed E-state index contributed by atoms with van der Waals surface area (Å²) in [6.07, 6.45) is 0. The maximum Gasteiger partial charge on any atom is 0.153 e. The zero-order valence-corrected chi connectivity index (χ0v) is 11.1. The van der Waals surface area contributed by atoms with Gasteiger partial charge in [0.15, 0.2) is 5.82 Å². The summed E-state index contributed by atoms with van der Waals surface area (Å²) in [5.74, 6) is 1.09. The van der Waals surface area contributed by atoms with E-state index < -0.39 is 0 Å². The predicted molar refractivity (Wildman–Crippen MR) is 80.0 cm³/mol. The molecule has 0 amide bonds. The van der Waals surface area contributed by atoms with Gasteiger partial charge in [-0.05, 0) is 34.7 Å². The van der Waals surface area contributed by atoms with E-state index in [1.165, 1.54) is 16.7 Å². The van der Waals surface area contributed by atoms with Crippen LogP contribution >= 0.6 is 0 Å². The van der Waals surface area contributed by atoms with Gasteiger partial charge in [-0.1, -0.05) is 44.2 Å². The Balaban J connectivity index is 2.10. The summed E-state index contributed by atoms with van der Waals surface area (Å²) in [7, 11) is 0. The largest absolute Gasteiger partial charge is 0.382 e. The van der Waals surface area contributed by atoms with Gasteiger partial charge in [0.2, 0.25) is 0 Å². The molecule has 3 heteroatoms. The van der Waals surface area contributed by atoms with Crippen LogP contribution in [0.2, 0.25) is 0 Å². The maximum absolute atomic E-state index is 5.79. The lowest BCUT2D eigenvalue weighted by atomic mass is 9.97. The Morgan fingerprint density at radius 2 is 1.84 bits per heavy atom. The van der Waals surface area contributed by atoms with E-state index in [0.29, 0.717) is 11.7 Å². The van der Waals surface area contributed by atoms with E-state index in [9.17, 15) is 0 Å². The van der Waals surface area contributed by atoms with Gasteiger partial charge in [-0.25, -0.2) is 0 Å². The molecule has 19 heavy (non-hydrogen) atoms. The molecule has 3 nitrogen and oxygen atoms in total. The van der Waals surface area contributed by atoms with Crippen LogP contribution in [0.25, 0.3) is 22.0 Å². The number of nitrogens with one attached hydrogen (secondary N) is 1. The lowest BCUT2D eigenvalue weighted by Crippen LogP contribution is -1.88. The summed E-state index contributed by atoms with van der Waals surface area (Å²) in [5.41, 5.74) is 10.5. The van der Waals surface area contributed by atoms with Gasteiger partial charge in [0.05, 0.1) is 5.52 Å². The SMILES string of the molecule is CC(C)c1cccc(-c2ccc3c(N)n[nH]c3c2)c1. The molecule has 1 aromatic heterocycles. The van der Waals surface area contributed by atoms with Crippen LogP contribution in [0.3, 0.4) is 0 Å². The fourth-order valence-corrected chi connectivity index (χ4v) is 2.30. The molecule has 0 unspecified atom stereocenters. The Morgan fingerprint density at radius 1 is 1.05 bits per heavy atom. The van der Waals surface area contributed by atoms with E-state index >= 15 is 0 Å². The zero-order valence-electron chi connectivity index (χ0n) is 11.1. The number of anilines is 1. The molecule has 0 saturated heterocycles. The number of nitrogen functional groups attached to an aromatic ring is 1. The number of benzene rings is 2. The Hall–Kier alpha value is -2.29. The molecule has 0 bridgehead atoms. The lowest BCUT2D eigenvalue weighted by Gasteiger charge is -2.08. The van der Waals surface area contributed by atoms with Gasteiger partial charge in [-0.15, -0.1) is 0 Å². The first-order valence-electron chi connectivity index (χ1n) is 6.49. The molecule has 3 N–H and O–H groups in total. The monoisotopic (exact) mass is 251 g/mol. The quantitative estimate of drug-likeness (QED) is 0.725. The van der Waals surface area contributed by atoms with Crippen LogP contribution < -0.4 is 5.73 Å². The summed E-state index contributed by atoms with van der Waals surface area (Å²) in [6, 6.07) is 14.9. The number of hydrogen-bond donors (Lipinski definition) is 2. The Labute approximate surface area is 112 Å². The minimum atomic E-state index is 0.534. The highest BCUT2D eigenvalue weighted by molar-refractivity contribution is 5.91. The van der Waals surface area contributed by atoms with E-state index in [2.05, 4.69) is 60.4 Å². The molecule has 0 atom stereocenters. The number of aromatic nitrogens is 2. The van der Waals surface area contributed by atoms with Gasteiger partial charge in [0, 0.05) is 5.39 Å². The second-order valence-electron chi connectivity index (χ2n) is 5.15. The first-order chi connectivity index (χ1) is 9.15. The molecule has 0 saturated carbocycles. The van der Waals surface area contributed by atoms with Crippen LogP contribution in [0, 0.1) is 0 Å². The minimum Gasteiger partial charge on any atom is -0.382 e. The third-order valence-electron chi connectivity index (χ3n) is 3.48. The maximum atomic E-state index is 5.79. The number of nitrogens with zero attached hydrogens (tertiary/aromatic N) is 1.